The lowest BCUT2D eigenvalue weighted by atomic mass is 9.95. The van der Waals surface area contributed by atoms with Crippen LogP contribution in [0.15, 0.2) is 39.4 Å². The normalized spacial score (nSPS) is 22.5. The summed E-state index contributed by atoms with van der Waals surface area (Å²) in [4.78, 5) is 23.0. The van der Waals surface area contributed by atoms with Crippen molar-refractivity contribution < 1.29 is 27.3 Å². The van der Waals surface area contributed by atoms with Crippen molar-refractivity contribution in [2.45, 2.75) is 23.8 Å². The molecule has 0 aromatic heterocycles. The zero-order chi connectivity index (χ0) is 15.7. The van der Waals surface area contributed by atoms with Crippen LogP contribution < -0.4 is 0 Å². The highest BCUT2D eigenvalue weighted by Gasteiger charge is 2.49. The molecule has 0 amide bonds. The molecule has 1 aromatic carbocycles. The Balaban J connectivity index is 2.28. The minimum absolute atomic E-state index is 0.0964. The van der Waals surface area contributed by atoms with Crippen LogP contribution in [0.5, 0.6) is 0 Å². The molecule has 0 radical (unpaired) electrons. The zero-order valence-corrected chi connectivity index (χ0v) is 11.8. The van der Waals surface area contributed by atoms with E-state index >= 15 is 0 Å². The molecule has 0 aliphatic carbocycles. The number of hydrogen-bond acceptors (Lipinski definition) is 7. The number of benzene rings is 1. The number of cyclic esters (lactones) is 1. The molecule has 0 spiro atoms. The summed E-state index contributed by atoms with van der Waals surface area (Å²) >= 11 is 0. The lowest BCUT2D eigenvalue weighted by Gasteiger charge is -2.13. The van der Waals surface area contributed by atoms with Gasteiger partial charge in [0.25, 0.3) is 10.1 Å². The van der Waals surface area contributed by atoms with Gasteiger partial charge in [0.15, 0.2) is 5.78 Å². The summed E-state index contributed by atoms with van der Waals surface area (Å²) in [5.74, 6) is -1.21. The number of carbonyl (C=O) groups is 2. The Kier molecular flexibility index (Phi) is 3.88. The summed E-state index contributed by atoms with van der Waals surface area (Å²) in [6.07, 6.45) is 0.119. The highest BCUT2D eigenvalue weighted by molar-refractivity contribution is 7.85. The third-order valence-corrected chi connectivity index (χ3v) is 3.96. The van der Waals surface area contributed by atoms with E-state index in [9.17, 15) is 18.0 Å². The molecule has 0 bridgehead atoms. The summed E-state index contributed by atoms with van der Waals surface area (Å²) in [6, 6.07) is 4.86. The van der Waals surface area contributed by atoms with Crippen LogP contribution in [0.2, 0.25) is 0 Å². The second-order valence-corrected chi connectivity index (χ2v) is 5.89. The van der Waals surface area contributed by atoms with Crippen LogP contribution >= 0.6 is 0 Å². The minimum Gasteiger partial charge on any atom is -0.463 e. The predicted octanol–water partition coefficient (Wildman–Crippen LogP) is 1.29. The highest BCUT2D eigenvalue weighted by Crippen LogP contribution is 2.28. The third-order valence-electron chi connectivity index (χ3n) is 3.09. The van der Waals surface area contributed by atoms with E-state index in [0.717, 1.165) is 12.1 Å². The molecule has 112 valence electrons. The van der Waals surface area contributed by atoms with Gasteiger partial charge in [-0.3, -0.25) is 9.35 Å². The molecule has 0 unspecified atom stereocenters. The second kappa shape index (κ2) is 5.34. The summed E-state index contributed by atoms with van der Waals surface area (Å²) in [5, 5.41) is 7.57. The van der Waals surface area contributed by atoms with Crippen molar-refractivity contribution in [3.8, 4) is 0 Å². The fraction of sp³-hybridized carbons (Fsp3) is 0.333. The molecule has 1 aromatic rings. The number of azo groups is 1. The van der Waals surface area contributed by atoms with Crippen molar-refractivity contribution in [2.75, 3.05) is 6.61 Å². The van der Waals surface area contributed by atoms with E-state index in [-0.39, 0.29) is 23.6 Å². The summed E-state index contributed by atoms with van der Waals surface area (Å²) in [5.41, 5.74) is -1.38. The van der Waals surface area contributed by atoms with Crippen molar-refractivity contribution in [3.63, 3.8) is 0 Å². The maximum absolute atomic E-state index is 11.6. The Hall–Kier alpha value is -2.13. The maximum atomic E-state index is 11.6. The fourth-order valence-corrected chi connectivity index (χ4v) is 2.30. The first-order chi connectivity index (χ1) is 9.75. The van der Waals surface area contributed by atoms with E-state index in [1.165, 1.54) is 19.1 Å². The maximum Gasteiger partial charge on any atom is 0.343 e. The Morgan fingerprint density at radius 1 is 1.33 bits per heavy atom. The van der Waals surface area contributed by atoms with Crippen molar-refractivity contribution in [3.05, 3.63) is 24.3 Å². The minimum atomic E-state index is -4.28. The lowest BCUT2D eigenvalue weighted by molar-refractivity contribution is -0.145. The highest BCUT2D eigenvalue weighted by atomic mass is 32.2. The molecular weight excluding hydrogens is 300 g/mol. The van der Waals surface area contributed by atoms with E-state index in [2.05, 4.69) is 10.2 Å². The molecule has 1 heterocycles. The average molecular weight is 312 g/mol. The molecule has 8 nitrogen and oxygen atoms in total. The molecule has 1 aliphatic heterocycles. The van der Waals surface area contributed by atoms with Crippen LogP contribution in [0, 0.1) is 0 Å². The van der Waals surface area contributed by atoms with E-state index < -0.39 is 27.4 Å². The van der Waals surface area contributed by atoms with Gasteiger partial charge in [-0.25, -0.2) is 4.79 Å². The number of hydrogen-bond donors (Lipinski definition) is 1. The number of rotatable bonds is 4. The standard InChI is InChI=1S/C12H12N2O6S/c1-8(15)12(6-7-20-11(12)16)14-13-9-2-4-10(5-3-9)21(17,18)19/h2-5H,6-7H2,1H3,(H,17,18,19)/t12-/m0/s1. The summed E-state index contributed by atoms with van der Waals surface area (Å²) < 4.78 is 35.4. The van der Waals surface area contributed by atoms with Crippen molar-refractivity contribution in [1.82, 2.24) is 0 Å². The molecule has 1 aliphatic rings. The summed E-state index contributed by atoms with van der Waals surface area (Å²) in [7, 11) is -4.28. The fourth-order valence-electron chi connectivity index (χ4n) is 1.82. The van der Waals surface area contributed by atoms with Gasteiger partial charge in [-0.1, -0.05) is 0 Å². The molecule has 21 heavy (non-hydrogen) atoms. The Bertz CT molecular complexity index is 710. The predicted molar refractivity (Wildman–Crippen MR) is 69.8 cm³/mol. The number of esters is 1. The van der Waals surface area contributed by atoms with Gasteiger partial charge >= 0.3 is 5.97 Å². The first-order valence-corrected chi connectivity index (χ1v) is 7.38. The zero-order valence-electron chi connectivity index (χ0n) is 11.0. The number of ketones is 1. The van der Waals surface area contributed by atoms with Gasteiger partial charge in [-0.15, -0.1) is 0 Å². The van der Waals surface area contributed by atoms with Gasteiger partial charge in [0.1, 0.15) is 0 Å². The Morgan fingerprint density at radius 3 is 2.38 bits per heavy atom. The molecule has 2 rings (SSSR count). The van der Waals surface area contributed by atoms with E-state index in [0.29, 0.717) is 0 Å². The van der Waals surface area contributed by atoms with Gasteiger partial charge in [0.2, 0.25) is 5.54 Å². The van der Waals surface area contributed by atoms with Gasteiger partial charge in [0.05, 0.1) is 17.2 Å². The number of ether oxygens (including phenoxy) is 1. The van der Waals surface area contributed by atoms with Crippen molar-refractivity contribution in [1.29, 1.82) is 0 Å². The molecule has 9 heteroatoms. The first kappa shape index (κ1) is 15.3. The first-order valence-electron chi connectivity index (χ1n) is 5.94. The van der Waals surface area contributed by atoms with E-state index in [1.807, 2.05) is 0 Å². The molecule has 1 N–H and O–H groups in total. The summed E-state index contributed by atoms with van der Waals surface area (Å²) in [6.45, 7) is 1.33. The van der Waals surface area contributed by atoms with Crippen molar-refractivity contribution in [2.24, 2.45) is 10.2 Å². The van der Waals surface area contributed by atoms with Gasteiger partial charge in [-0.2, -0.15) is 18.6 Å². The second-order valence-electron chi connectivity index (χ2n) is 4.47. The van der Waals surface area contributed by atoms with E-state index in [4.69, 9.17) is 9.29 Å². The quantitative estimate of drug-likeness (QED) is 0.387. The molecule has 0 saturated carbocycles. The van der Waals surface area contributed by atoms with Crippen LogP contribution in [-0.4, -0.2) is 36.9 Å². The molecule has 1 atom stereocenters. The Labute approximate surface area is 120 Å². The van der Waals surface area contributed by atoms with Crippen LogP contribution in [0.1, 0.15) is 13.3 Å². The van der Waals surface area contributed by atoms with Crippen LogP contribution in [0.25, 0.3) is 0 Å². The van der Waals surface area contributed by atoms with Gasteiger partial charge in [-0.05, 0) is 31.2 Å². The average Bonchev–Trinajstić information content (AvgIpc) is 2.78. The largest absolute Gasteiger partial charge is 0.463 e. The molecule has 1 fully saturated rings. The molecular formula is C12H12N2O6S. The van der Waals surface area contributed by atoms with Crippen molar-refractivity contribution >= 4 is 27.6 Å². The molecule has 1 saturated heterocycles. The van der Waals surface area contributed by atoms with Crippen LogP contribution in [0.4, 0.5) is 5.69 Å². The van der Waals surface area contributed by atoms with Gasteiger partial charge < -0.3 is 4.74 Å². The SMILES string of the molecule is CC(=O)[C@@]1(N=Nc2ccc(S(=O)(=O)O)cc2)CCOC1=O. The monoisotopic (exact) mass is 312 g/mol. The topological polar surface area (TPSA) is 122 Å². The van der Waals surface area contributed by atoms with E-state index in [1.54, 1.807) is 0 Å². The van der Waals surface area contributed by atoms with Crippen LogP contribution in [0.3, 0.4) is 0 Å². The number of carbonyl (C=O) groups excluding carboxylic acids is 2. The smallest absolute Gasteiger partial charge is 0.343 e. The number of Topliss-reactive ketones (excluding diaryl/α,β-unsaturated/α-hetero) is 1. The van der Waals surface area contributed by atoms with Gasteiger partial charge in [0, 0.05) is 6.42 Å². The van der Waals surface area contributed by atoms with Crippen LogP contribution in [-0.2, 0) is 24.4 Å². The Morgan fingerprint density at radius 2 is 1.95 bits per heavy atom. The number of nitrogens with zero attached hydrogens (tertiary/aromatic N) is 2. The lowest BCUT2D eigenvalue weighted by Crippen LogP contribution is -2.39. The third kappa shape index (κ3) is 2.98.